The number of para-hydroxylation sites is 1. The van der Waals surface area contributed by atoms with Crippen molar-refractivity contribution in [2.45, 2.75) is 30.8 Å². The van der Waals surface area contributed by atoms with Gasteiger partial charge in [0, 0.05) is 19.1 Å². The maximum absolute atomic E-state index is 13.6. The van der Waals surface area contributed by atoms with Gasteiger partial charge < -0.3 is 5.32 Å². The van der Waals surface area contributed by atoms with Crippen LogP contribution in [0.2, 0.25) is 0 Å². The molecule has 1 atom stereocenters. The Balaban J connectivity index is 1.77. The first-order valence-electron chi connectivity index (χ1n) is 6.40. The minimum absolute atomic E-state index is 0.294. The maximum Gasteiger partial charge on any atom is 0.146 e. The Labute approximate surface area is 106 Å². The number of nitrogens with zero attached hydrogens (tertiary/aromatic N) is 2. The van der Waals surface area contributed by atoms with Crippen LogP contribution in [-0.2, 0) is 0 Å². The van der Waals surface area contributed by atoms with Crippen LogP contribution in [0.5, 0.6) is 0 Å². The molecule has 4 heteroatoms. The Hall–Kier alpha value is -1.60. The molecule has 1 N–H and O–H groups in total. The van der Waals surface area contributed by atoms with Crippen LogP contribution in [0, 0.1) is 17.1 Å². The molecule has 3 rings (SSSR count). The summed E-state index contributed by atoms with van der Waals surface area (Å²) in [5.41, 5.74) is -0.207. The van der Waals surface area contributed by atoms with Gasteiger partial charge in [-0.1, -0.05) is 12.1 Å². The Morgan fingerprint density at radius 3 is 2.83 bits per heavy atom. The zero-order valence-corrected chi connectivity index (χ0v) is 10.2. The van der Waals surface area contributed by atoms with E-state index < -0.39 is 5.54 Å². The van der Waals surface area contributed by atoms with Gasteiger partial charge in [-0.05, 0) is 31.4 Å². The molecule has 1 aromatic rings. The number of benzene rings is 1. The largest absolute Gasteiger partial charge is 0.364 e. The van der Waals surface area contributed by atoms with E-state index in [9.17, 15) is 9.65 Å². The molecule has 1 aliphatic carbocycles. The molecule has 1 aliphatic heterocycles. The minimum atomic E-state index is -0.634. The molecule has 1 saturated heterocycles. The van der Waals surface area contributed by atoms with E-state index in [1.54, 1.807) is 18.2 Å². The predicted molar refractivity (Wildman–Crippen MR) is 67.6 cm³/mol. The fourth-order valence-corrected chi connectivity index (χ4v) is 2.63. The molecule has 2 fully saturated rings. The number of nitriles is 1. The van der Waals surface area contributed by atoms with Crippen LogP contribution in [0.3, 0.4) is 0 Å². The van der Waals surface area contributed by atoms with Crippen molar-refractivity contribution >= 4 is 5.69 Å². The lowest BCUT2D eigenvalue weighted by atomic mass is 10.0. The first-order valence-corrected chi connectivity index (χ1v) is 6.40. The number of anilines is 1. The zero-order chi connectivity index (χ0) is 12.6. The van der Waals surface area contributed by atoms with Crippen LogP contribution in [0.4, 0.5) is 10.1 Å². The second-order valence-corrected chi connectivity index (χ2v) is 5.25. The summed E-state index contributed by atoms with van der Waals surface area (Å²) in [7, 11) is 0. The summed E-state index contributed by atoms with van der Waals surface area (Å²) < 4.78 is 13.6. The molecule has 1 unspecified atom stereocenters. The molecule has 0 radical (unpaired) electrons. The third kappa shape index (κ3) is 2.06. The molecular formula is C14H16FN3. The molecule has 2 aliphatic rings. The lowest BCUT2D eigenvalue weighted by Crippen LogP contribution is -2.40. The van der Waals surface area contributed by atoms with E-state index in [1.807, 2.05) is 0 Å². The Kier molecular flexibility index (Phi) is 2.71. The molecule has 1 aromatic carbocycles. The van der Waals surface area contributed by atoms with E-state index in [2.05, 4.69) is 16.3 Å². The van der Waals surface area contributed by atoms with Crippen LogP contribution in [0.1, 0.15) is 19.3 Å². The summed E-state index contributed by atoms with van der Waals surface area (Å²) in [6.07, 6.45) is 3.23. The Morgan fingerprint density at radius 1 is 1.39 bits per heavy atom. The first-order chi connectivity index (χ1) is 8.72. The molecule has 0 amide bonds. The monoisotopic (exact) mass is 245 g/mol. The quantitative estimate of drug-likeness (QED) is 0.888. The summed E-state index contributed by atoms with van der Waals surface area (Å²) in [6, 6.07) is 9.55. The molecular weight excluding hydrogens is 229 g/mol. The van der Waals surface area contributed by atoms with Gasteiger partial charge >= 0.3 is 0 Å². The molecule has 94 valence electrons. The number of hydrogen-bond donors (Lipinski definition) is 1. The van der Waals surface area contributed by atoms with Gasteiger partial charge in [0.05, 0.1) is 11.8 Å². The fourth-order valence-electron chi connectivity index (χ4n) is 2.63. The highest BCUT2D eigenvalue weighted by atomic mass is 19.1. The van der Waals surface area contributed by atoms with Gasteiger partial charge in [0.15, 0.2) is 0 Å². The van der Waals surface area contributed by atoms with E-state index in [-0.39, 0.29) is 5.82 Å². The average molecular weight is 245 g/mol. The Bertz CT molecular complexity index is 492. The lowest BCUT2D eigenvalue weighted by Gasteiger charge is -2.24. The average Bonchev–Trinajstić information content (AvgIpc) is 3.15. The van der Waals surface area contributed by atoms with Crippen LogP contribution in [0.15, 0.2) is 24.3 Å². The number of likely N-dealkylation sites (tertiary alicyclic amines) is 1. The number of hydrogen-bond acceptors (Lipinski definition) is 3. The standard InChI is InChI=1S/C14H16FN3/c15-12-3-1-2-4-13(12)17-14(9-16)7-8-18(10-14)11-5-6-11/h1-4,11,17H,5-8,10H2. The van der Waals surface area contributed by atoms with Gasteiger partial charge in [-0.2, -0.15) is 5.26 Å². The van der Waals surface area contributed by atoms with Crippen molar-refractivity contribution in [3.63, 3.8) is 0 Å². The second kappa shape index (κ2) is 4.25. The lowest BCUT2D eigenvalue weighted by molar-refractivity contribution is 0.319. The normalized spacial score (nSPS) is 28.0. The van der Waals surface area contributed by atoms with Crippen molar-refractivity contribution in [1.82, 2.24) is 4.90 Å². The highest BCUT2D eigenvalue weighted by molar-refractivity contribution is 5.49. The van der Waals surface area contributed by atoms with Crippen molar-refractivity contribution in [1.29, 1.82) is 5.26 Å². The third-order valence-corrected chi connectivity index (χ3v) is 3.82. The second-order valence-electron chi connectivity index (χ2n) is 5.25. The van der Waals surface area contributed by atoms with Crippen molar-refractivity contribution < 1.29 is 4.39 Å². The number of nitrogens with one attached hydrogen (secondary N) is 1. The summed E-state index contributed by atoms with van der Waals surface area (Å²) in [5.74, 6) is -0.294. The molecule has 0 bridgehead atoms. The van der Waals surface area contributed by atoms with E-state index in [0.717, 1.165) is 13.0 Å². The summed E-state index contributed by atoms with van der Waals surface area (Å²) in [4.78, 5) is 2.34. The van der Waals surface area contributed by atoms with Gasteiger partial charge in [0.25, 0.3) is 0 Å². The third-order valence-electron chi connectivity index (χ3n) is 3.82. The molecule has 0 spiro atoms. The summed E-state index contributed by atoms with van der Waals surface area (Å²) >= 11 is 0. The van der Waals surface area contributed by atoms with E-state index in [1.165, 1.54) is 18.9 Å². The van der Waals surface area contributed by atoms with E-state index >= 15 is 0 Å². The summed E-state index contributed by atoms with van der Waals surface area (Å²) in [6.45, 7) is 1.63. The molecule has 3 nitrogen and oxygen atoms in total. The number of halogens is 1. The molecule has 1 saturated carbocycles. The van der Waals surface area contributed by atoms with Crippen molar-refractivity contribution in [2.75, 3.05) is 18.4 Å². The van der Waals surface area contributed by atoms with Crippen LogP contribution >= 0.6 is 0 Å². The smallest absolute Gasteiger partial charge is 0.146 e. The van der Waals surface area contributed by atoms with Crippen molar-refractivity contribution in [3.8, 4) is 6.07 Å². The van der Waals surface area contributed by atoms with Gasteiger partial charge in [-0.15, -0.1) is 0 Å². The number of rotatable bonds is 3. The highest BCUT2D eigenvalue weighted by Gasteiger charge is 2.43. The topological polar surface area (TPSA) is 39.1 Å². The highest BCUT2D eigenvalue weighted by Crippen LogP contribution is 2.35. The van der Waals surface area contributed by atoms with E-state index in [4.69, 9.17) is 0 Å². The SMILES string of the molecule is N#CC1(Nc2ccccc2F)CCN(C2CC2)C1. The van der Waals surface area contributed by atoms with Crippen molar-refractivity contribution in [2.24, 2.45) is 0 Å². The zero-order valence-electron chi connectivity index (χ0n) is 10.2. The van der Waals surface area contributed by atoms with Gasteiger partial charge in [-0.25, -0.2) is 4.39 Å². The first kappa shape index (κ1) is 11.5. The minimum Gasteiger partial charge on any atom is -0.364 e. The Morgan fingerprint density at radius 2 is 2.17 bits per heavy atom. The van der Waals surface area contributed by atoms with Crippen LogP contribution in [-0.4, -0.2) is 29.6 Å². The van der Waals surface area contributed by atoms with Crippen LogP contribution in [0.25, 0.3) is 0 Å². The fraction of sp³-hybridized carbons (Fsp3) is 0.500. The molecule has 0 aromatic heterocycles. The van der Waals surface area contributed by atoms with Gasteiger partial charge in [-0.3, -0.25) is 4.90 Å². The van der Waals surface area contributed by atoms with Gasteiger partial charge in [0.2, 0.25) is 0 Å². The van der Waals surface area contributed by atoms with Crippen molar-refractivity contribution in [3.05, 3.63) is 30.1 Å². The van der Waals surface area contributed by atoms with E-state index in [0.29, 0.717) is 18.3 Å². The van der Waals surface area contributed by atoms with Gasteiger partial charge in [0.1, 0.15) is 11.4 Å². The maximum atomic E-state index is 13.6. The summed E-state index contributed by atoms with van der Waals surface area (Å²) in [5, 5.41) is 12.5. The predicted octanol–water partition coefficient (Wildman–Crippen LogP) is 2.37. The van der Waals surface area contributed by atoms with Crippen LogP contribution < -0.4 is 5.32 Å². The molecule has 18 heavy (non-hydrogen) atoms. The molecule has 1 heterocycles.